The van der Waals surface area contributed by atoms with Gasteiger partial charge in [0.05, 0.1) is 14.2 Å². The van der Waals surface area contributed by atoms with E-state index >= 15 is 0 Å². The fourth-order valence-electron chi connectivity index (χ4n) is 3.64. The first-order valence-electron chi connectivity index (χ1n) is 9.85. The van der Waals surface area contributed by atoms with Crippen LogP contribution in [0.25, 0.3) is 0 Å². The van der Waals surface area contributed by atoms with E-state index < -0.39 is 0 Å². The number of nitrogens with one attached hydrogen (secondary N) is 1. The van der Waals surface area contributed by atoms with Gasteiger partial charge in [0.15, 0.2) is 0 Å². The summed E-state index contributed by atoms with van der Waals surface area (Å²) in [6, 6.07) is 14.2. The van der Waals surface area contributed by atoms with Gasteiger partial charge in [-0.1, -0.05) is 29.8 Å². The first-order chi connectivity index (χ1) is 13.6. The van der Waals surface area contributed by atoms with Gasteiger partial charge in [0.1, 0.15) is 11.5 Å². The number of nitrogens with zero attached hydrogens (tertiary/aromatic N) is 1. The Morgan fingerprint density at radius 2 is 1.79 bits per heavy atom. The highest BCUT2D eigenvalue weighted by molar-refractivity contribution is 5.78. The predicted molar refractivity (Wildman–Crippen MR) is 111 cm³/mol. The normalized spacial score (nSPS) is 15.2. The summed E-state index contributed by atoms with van der Waals surface area (Å²) in [7, 11) is 3.36. The summed E-state index contributed by atoms with van der Waals surface area (Å²) in [6.45, 7) is 5.28. The molecular formula is C23H30N2O3. The highest BCUT2D eigenvalue weighted by atomic mass is 16.5. The molecule has 0 saturated carbocycles. The number of rotatable bonds is 7. The summed E-state index contributed by atoms with van der Waals surface area (Å²) >= 11 is 0. The van der Waals surface area contributed by atoms with Crippen LogP contribution in [0, 0.1) is 12.8 Å². The molecule has 0 spiro atoms. The Morgan fingerprint density at radius 1 is 1.07 bits per heavy atom. The molecule has 0 atom stereocenters. The Kier molecular flexibility index (Phi) is 6.93. The summed E-state index contributed by atoms with van der Waals surface area (Å²) in [5.41, 5.74) is 3.49. The smallest absolute Gasteiger partial charge is 0.223 e. The maximum absolute atomic E-state index is 12.5. The molecule has 5 nitrogen and oxygen atoms in total. The van der Waals surface area contributed by atoms with Crippen molar-refractivity contribution in [2.24, 2.45) is 5.92 Å². The minimum Gasteiger partial charge on any atom is -0.497 e. The number of aryl methyl sites for hydroxylation is 1. The van der Waals surface area contributed by atoms with Crippen molar-refractivity contribution in [2.75, 3.05) is 27.3 Å². The van der Waals surface area contributed by atoms with Crippen molar-refractivity contribution in [1.29, 1.82) is 0 Å². The van der Waals surface area contributed by atoms with Gasteiger partial charge in [-0.2, -0.15) is 0 Å². The number of benzene rings is 2. The number of hydrogen-bond acceptors (Lipinski definition) is 4. The zero-order chi connectivity index (χ0) is 19.9. The van der Waals surface area contributed by atoms with E-state index in [1.54, 1.807) is 14.2 Å². The van der Waals surface area contributed by atoms with Gasteiger partial charge in [0, 0.05) is 24.6 Å². The van der Waals surface area contributed by atoms with Gasteiger partial charge in [-0.15, -0.1) is 0 Å². The maximum atomic E-state index is 12.5. The molecule has 2 aromatic carbocycles. The number of likely N-dealkylation sites (tertiary alicyclic amines) is 1. The lowest BCUT2D eigenvalue weighted by Crippen LogP contribution is -2.40. The van der Waals surface area contributed by atoms with Crippen LogP contribution in [0.1, 0.15) is 29.5 Å². The van der Waals surface area contributed by atoms with E-state index in [4.69, 9.17) is 9.47 Å². The molecule has 150 valence electrons. The van der Waals surface area contributed by atoms with Crippen molar-refractivity contribution in [3.05, 3.63) is 59.2 Å². The Balaban J connectivity index is 1.49. The second-order valence-corrected chi connectivity index (χ2v) is 7.43. The fraction of sp³-hybridized carbons (Fsp3) is 0.435. The average molecular weight is 383 g/mol. The van der Waals surface area contributed by atoms with E-state index in [2.05, 4.69) is 41.4 Å². The fourth-order valence-corrected chi connectivity index (χ4v) is 3.64. The third-order valence-electron chi connectivity index (χ3n) is 5.43. The molecule has 0 aliphatic carbocycles. The molecule has 1 heterocycles. The Bertz CT molecular complexity index is 781. The SMILES string of the molecule is COc1ccc(OC)c(CN2CCC(C(=O)NCc3ccc(C)cc3)CC2)c1. The molecule has 1 aliphatic heterocycles. The number of ether oxygens (including phenoxy) is 2. The number of piperidine rings is 1. The van der Waals surface area contributed by atoms with Crippen molar-refractivity contribution in [3.63, 3.8) is 0 Å². The van der Waals surface area contributed by atoms with Crippen LogP contribution in [-0.4, -0.2) is 38.1 Å². The van der Waals surface area contributed by atoms with Crippen LogP contribution in [0.4, 0.5) is 0 Å². The molecule has 2 aromatic rings. The Morgan fingerprint density at radius 3 is 2.43 bits per heavy atom. The van der Waals surface area contributed by atoms with Crippen molar-refractivity contribution < 1.29 is 14.3 Å². The van der Waals surface area contributed by atoms with Crippen molar-refractivity contribution in [1.82, 2.24) is 10.2 Å². The number of carbonyl (C=O) groups is 1. The van der Waals surface area contributed by atoms with E-state index in [1.807, 2.05) is 18.2 Å². The zero-order valence-electron chi connectivity index (χ0n) is 17.0. The van der Waals surface area contributed by atoms with Gasteiger partial charge < -0.3 is 14.8 Å². The monoisotopic (exact) mass is 382 g/mol. The van der Waals surface area contributed by atoms with Crippen molar-refractivity contribution in [3.8, 4) is 11.5 Å². The van der Waals surface area contributed by atoms with Crippen molar-refractivity contribution >= 4 is 5.91 Å². The molecule has 5 heteroatoms. The molecule has 0 radical (unpaired) electrons. The molecule has 1 aliphatic rings. The van der Waals surface area contributed by atoms with Crippen LogP contribution >= 0.6 is 0 Å². The minimum absolute atomic E-state index is 0.0916. The largest absolute Gasteiger partial charge is 0.497 e. The van der Waals surface area contributed by atoms with Crippen molar-refractivity contribution in [2.45, 2.75) is 32.9 Å². The lowest BCUT2D eigenvalue weighted by Gasteiger charge is -2.31. The van der Waals surface area contributed by atoms with Crippen LogP contribution in [0.15, 0.2) is 42.5 Å². The number of amides is 1. The number of methoxy groups -OCH3 is 2. The molecule has 3 rings (SSSR count). The van der Waals surface area contributed by atoms with Crippen LogP contribution in [0.3, 0.4) is 0 Å². The van der Waals surface area contributed by atoms with E-state index in [9.17, 15) is 4.79 Å². The highest BCUT2D eigenvalue weighted by Gasteiger charge is 2.25. The lowest BCUT2D eigenvalue weighted by molar-refractivity contribution is -0.126. The van der Waals surface area contributed by atoms with Crippen LogP contribution in [0.5, 0.6) is 11.5 Å². The maximum Gasteiger partial charge on any atom is 0.223 e. The first-order valence-corrected chi connectivity index (χ1v) is 9.85. The molecule has 1 saturated heterocycles. The van der Waals surface area contributed by atoms with Gasteiger partial charge in [0.2, 0.25) is 5.91 Å². The Hall–Kier alpha value is -2.53. The predicted octanol–water partition coefficient (Wildman–Crippen LogP) is 3.54. The third kappa shape index (κ3) is 5.26. The van der Waals surface area contributed by atoms with Crippen LogP contribution in [-0.2, 0) is 17.9 Å². The minimum atomic E-state index is 0.0916. The van der Waals surface area contributed by atoms with E-state index in [0.29, 0.717) is 6.54 Å². The molecule has 0 aromatic heterocycles. The van der Waals surface area contributed by atoms with Crippen LogP contribution in [0.2, 0.25) is 0 Å². The van der Waals surface area contributed by atoms with E-state index in [0.717, 1.165) is 55.1 Å². The summed E-state index contributed by atoms with van der Waals surface area (Å²) in [5.74, 6) is 1.97. The zero-order valence-corrected chi connectivity index (χ0v) is 17.0. The summed E-state index contributed by atoms with van der Waals surface area (Å²) in [4.78, 5) is 14.9. The lowest BCUT2D eigenvalue weighted by atomic mass is 9.95. The Labute approximate surface area is 167 Å². The molecule has 1 fully saturated rings. The summed E-state index contributed by atoms with van der Waals surface area (Å²) < 4.78 is 10.8. The topological polar surface area (TPSA) is 50.8 Å². The molecular weight excluding hydrogens is 352 g/mol. The molecule has 1 amide bonds. The van der Waals surface area contributed by atoms with E-state index in [-0.39, 0.29) is 11.8 Å². The quantitative estimate of drug-likeness (QED) is 0.796. The van der Waals surface area contributed by atoms with Crippen LogP contribution < -0.4 is 14.8 Å². The van der Waals surface area contributed by atoms with E-state index in [1.165, 1.54) is 5.56 Å². The van der Waals surface area contributed by atoms with Gasteiger partial charge >= 0.3 is 0 Å². The first kappa shape index (κ1) is 20.2. The summed E-state index contributed by atoms with van der Waals surface area (Å²) in [6.07, 6.45) is 1.76. The molecule has 0 unspecified atom stereocenters. The van der Waals surface area contributed by atoms with Gasteiger partial charge in [-0.3, -0.25) is 9.69 Å². The summed E-state index contributed by atoms with van der Waals surface area (Å²) in [5, 5.41) is 3.09. The third-order valence-corrected chi connectivity index (χ3v) is 5.43. The number of hydrogen-bond donors (Lipinski definition) is 1. The molecule has 28 heavy (non-hydrogen) atoms. The van der Waals surface area contributed by atoms with Gasteiger partial charge in [-0.25, -0.2) is 0 Å². The number of carbonyl (C=O) groups excluding carboxylic acids is 1. The second kappa shape index (κ2) is 9.60. The standard InChI is InChI=1S/C23H30N2O3/c1-17-4-6-18(7-5-17)15-24-23(26)19-10-12-25(13-11-19)16-20-14-21(27-2)8-9-22(20)28-3/h4-9,14,19H,10-13,15-16H2,1-3H3,(H,24,26). The van der Waals surface area contributed by atoms with Gasteiger partial charge in [-0.05, 0) is 56.6 Å². The second-order valence-electron chi connectivity index (χ2n) is 7.43. The molecule has 0 bridgehead atoms. The molecule has 1 N–H and O–H groups in total. The average Bonchev–Trinajstić information content (AvgIpc) is 2.73. The van der Waals surface area contributed by atoms with Gasteiger partial charge in [0.25, 0.3) is 0 Å². The highest BCUT2D eigenvalue weighted by Crippen LogP contribution is 2.27.